The summed E-state index contributed by atoms with van der Waals surface area (Å²) in [5.74, 6) is -1.57. The van der Waals surface area contributed by atoms with Crippen LogP contribution in [0.1, 0.15) is 53.3 Å². The maximum absolute atomic E-state index is 12.7. The second kappa shape index (κ2) is 14.6. The van der Waals surface area contributed by atoms with Gasteiger partial charge in [-0.1, -0.05) is 84.9 Å². The minimum absolute atomic E-state index is 0.0274. The molecule has 0 saturated heterocycles. The van der Waals surface area contributed by atoms with E-state index in [4.69, 9.17) is 19.2 Å². The van der Waals surface area contributed by atoms with E-state index < -0.39 is 17.9 Å². The van der Waals surface area contributed by atoms with Crippen LogP contribution in [0, 0.1) is 6.92 Å². The Bertz CT molecular complexity index is 1730. The number of hydrogen-bond donors (Lipinski definition) is 0. The number of hydrogen-bond acceptors (Lipinski definition) is 7. The number of aryl methyl sites for hydroxylation is 1. The first-order chi connectivity index (χ1) is 21.5. The zero-order valence-electron chi connectivity index (χ0n) is 24.1. The highest BCUT2D eigenvalue weighted by molar-refractivity contribution is 5.91. The lowest BCUT2D eigenvalue weighted by Gasteiger charge is -2.13. The lowest BCUT2D eigenvalue weighted by Crippen LogP contribution is -2.10. The molecule has 0 heterocycles. The van der Waals surface area contributed by atoms with Gasteiger partial charge in [-0.3, -0.25) is 4.89 Å². The average molecular weight is 587 g/mol. The normalized spacial score (nSPS) is 10.6. The van der Waals surface area contributed by atoms with Crippen molar-refractivity contribution in [1.82, 2.24) is 0 Å². The molecule has 7 heteroatoms. The molecule has 0 aliphatic rings. The number of ether oxygens (including phenoxy) is 2. The molecule has 5 rings (SSSR count). The van der Waals surface area contributed by atoms with Gasteiger partial charge in [0.2, 0.25) is 0 Å². The highest BCUT2D eigenvalue weighted by atomic mass is 17.2. The van der Waals surface area contributed by atoms with Crippen molar-refractivity contribution in [1.29, 1.82) is 0 Å². The smallest absolute Gasteiger partial charge is 0.373 e. The van der Waals surface area contributed by atoms with Crippen LogP contribution in [0.2, 0.25) is 0 Å². The van der Waals surface area contributed by atoms with Gasteiger partial charge in [0.1, 0.15) is 19.8 Å². The first-order valence-electron chi connectivity index (χ1n) is 14.0. The van der Waals surface area contributed by atoms with Gasteiger partial charge in [0.25, 0.3) is 0 Å². The summed E-state index contributed by atoms with van der Waals surface area (Å²) in [5.41, 5.74) is 6.18. The molecular formula is C37H30O7. The summed E-state index contributed by atoms with van der Waals surface area (Å²) in [6.45, 7) is 1.80. The van der Waals surface area contributed by atoms with E-state index in [1.165, 1.54) is 0 Å². The second-order valence-electron chi connectivity index (χ2n) is 10.0. The molecule has 0 unspecified atom stereocenters. The van der Waals surface area contributed by atoms with Gasteiger partial charge >= 0.3 is 17.9 Å². The summed E-state index contributed by atoms with van der Waals surface area (Å²) in [4.78, 5) is 48.2. The molecule has 0 bridgehead atoms. The topological polar surface area (TPSA) is 88.1 Å². The maximum atomic E-state index is 12.7. The summed E-state index contributed by atoms with van der Waals surface area (Å²) in [5, 5.41) is 0. The molecule has 0 saturated carbocycles. The summed E-state index contributed by atoms with van der Waals surface area (Å²) in [6.07, 6.45) is 0. The number of rotatable bonds is 11. The Morgan fingerprint density at radius 2 is 1.09 bits per heavy atom. The molecule has 0 aliphatic carbocycles. The summed E-state index contributed by atoms with van der Waals surface area (Å²) < 4.78 is 11.1. The van der Waals surface area contributed by atoms with Gasteiger partial charge in [-0.2, -0.15) is 4.89 Å². The van der Waals surface area contributed by atoms with Crippen molar-refractivity contribution in [3.05, 3.63) is 166 Å². The fourth-order valence-electron chi connectivity index (χ4n) is 4.58. The molecule has 0 amide bonds. The van der Waals surface area contributed by atoms with Crippen molar-refractivity contribution >= 4 is 17.9 Å². The van der Waals surface area contributed by atoms with Gasteiger partial charge in [0, 0.05) is 0 Å². The molecule has 0 spiro atoms. The van der Waals surface area contributed by atoms with Crippen molar-refractivity contribution in [3.8, 4) is 11.1 Å². The van der Waals surface area contributed by atoms with E-state index in [9.17, 15) is 14.4 Å². The van der Waals surface area contributed by atoms with Crippen molar-refractivity contribution in [2.24, 2.45) is 0 Å². The van der Waals surface area contributed by atoms with Crippen LogP contribution in [0.5, 0.6) is 0 Å². The van der Waals surface area contributed by atoms with Gasteiger partial charge < -0.3 is 9.47 Å². The van der Waals surface area contributed by atoms with Gasteiger partial charge in [-0.05, 0) is 82.8 Å². The number of carbonyl (C=O) groups is 3. The van der Waals surface area contributed by atoms with Crippen molar-refractivity contribution < 1.29 is 33.6 Å². The number of benzene rings is 5. The Balaban J connectivity index is 1.23. The molecule has 0 atom stereocenters. The predicted octanol–water partition coefficient (Wildman–Crippen LogP) is 7.66. The number of esters is 2. The Morgan fingerprint density at radius 3 is 1.68 bits per heavy atom. The Hall–Kier alpha value is -5.53. The molecule has 220 valence electrons. The lowest BCUT2D eigenvalue weighted by molar-refractivity contribution is -0.250. The summed E-state index contributed by atoms with van der Waals surface area (Å²) >= 11 is 0. The van der Waals surface area contributed by atoms with E-state index in [0.717, 1.165) is 16.7 Å². The fourth-order valence-corrected chi connectivity index (χ4v) is 4.58. The average Bonchev–Trinajstić information content (AvgIpc) is 3.07. The fraction of sp³-hybridized carbons (Fsp3) is 0.108. The molecule has 0 fully saturated rings. The van der Waals surface area contributed by atoms with Crippen molar-refractivity contribution in [2.75, 3.05) is 0 Å². The minimum Gasteiger partial charge on any atom is -0.457 e. The third-order valence-electron chi connectivity index (χ3n) is 6.91. The monoisotopic (exact) mass is 586 g/mol. The molecular weight excluding hydrogens is 556 g/mol. The van der Waals surface area contributed by atoms with Crippen LogP contribution in [0.15, 0.2) is 127 Å². The molecule has 0 aliphatic heterocycles. The van der Waals surface area contributed by atoms with E-state index in [1.54, 1.807) is 78.9 Å². The van der Waals surface area contributed by atoms with Gasteiger partial charge in [-0.15, -0.1) is 0 Å². The standard InChI is InChI=1S/C37H30O7/c1-26-21-31(19-20-34(26)28-11-5-2-6-12-28)37(40)44-43-23-27-17-18-32(24-41-35(38)29-13-7-3-8-14-29)33(22-27)25-42-36(39)30-15-9-4-10-16-30/h2-22H,23-25H2,1H3. The minimum atomic E-state index is -0.617. The third-order valence-corrected chi connectivity index (χ3v) is 6.91. The van der Waals surface area contributed by atoms with Crippen LogP contribution in [-0.4, -0.2) is 17.9 Å². The highest BCUT2D eigenvalue weighted by Crippen LogP contribution is 2.24. The van der Waals surface area contributed by atoms with Gasteiger partial charge in [0.15, 0.2) is 0 Å². The maximum Gasteiger partial charge on any atom is 0.373 e. The molecule has 7 nitrogen and oxygen atoms in total. The Labute approximate surface area is 255 Å². The Morgan fingerprint density at radius 1 is 0.523 bits per heavy atom. The summed E-state index contributed by atoms with van der Waals surface area (Å²) in [6, 6.07) is 37.9. The van der Waals surface area contributed by atoms with Crippen LogP contribution in [-0.2, 0) is 39.1 Å². The SMILES string of the molecule is Cc1cc(C(=O)OOCc2ccc(COC(=O)c3ccccc3)c(COC(=O)c3ccccc3)c2)ccc1-c1ccccc1. The van der Waals surface area contributed by atoms with Crippen molar-refractivity contribution in [3.63, 3.8) is 0 Å². The van der Waals surface area contributed by atoms with Crippen LogP contribution in [0.25, 0.3) is 11.1 Å². The molecule has 0 N–H and O–H groups in total. The van der Waals surface area contributed by atoms with E-state index in [0.29, 0.717) is 33.4 Å². The Kier molecular flexibility index (Phi) is 9.92. The zero-order valence-corrected chi connectivity index (χ0v) is 24.1. The molecule has 44 heavy (non-hydrogen) atoms. The molecule has 5 aromatic carbocycles. The highest BCUT2D eigenvalue weighted by Gasteiger charge is 2.15. The van der Waals surface area contributed by atoms with Gasteiger partial charge in [-0.25, -0.2) is 14.4 Å². The summed E-state index contributed by atoms with van der Waals surface area (Å²) in [7, 11) is 0. The van der Waals surface area contributed by atoms with E-state index in [1.807, 2.05) is 55.5 Å². The number of carbonyl (C=O) groups excluding carboxylic acids is 3. The molecule has 0 radical (unpaired) electrons. The third kappa shape index (κ3) is 7.85. The van der Waals surface area contributed by atoms with Crippen LogP contribution >= 0.6 is 0 Å². The predicted molar refractivity (Wildman–Crippen MR) is 164 cm³/mol. The van der Waals surface area contributed by atoms with E-state index in [2.05, 4.69) is 0 Å². The second-order valence-corrected chi connectivity index (χ2v) is 10.0. The molecule has 0 aromatic heterocycles. The largest absolute Gasteiger partial charge is 0.457 e. The van der Waals surface area contributed by atoms with Crippen molar-refractivity contribution in [2.45, 2.75) is 26.7 Å². The van der Waals surface area contributed by atoms with E-state index in [-0.39, 0.29) is 19.8 Å². The first kappa shape index (κ1) is 29.9. The van der Waals surface area contributed by atoms with Crippen LogP contribution < -0.4 is 0 Å². The van der Waals surface area contributed by atoms with E-state index >= 15 is 0 Å². The lowest BCUT2D eigenvalue weighted by atomic mass is 9.98. The van der Waals surface area contributed by atoms with Gasteiger partial charge in [0.05, 0.1) is 16.7 Å². The van der Waals surface area contributed by atoms with Crippen LogP contribution in [0.4, 0.5) is 0 Å². The van der Waals surface area contributed by atoms with Crippen LogP contribution in [0.3, 0.4) is 0 Å². The molecule has 5 aromatic rings. The zero-order chi connectivity index (χ0) is 30.7. The quantitative estimate of drug-likeness (QED) is 0.0892. The first-order valence-corrected chi connectivity index (χ1v) is 14.0.